The number of hydrogen-bond donors (Lipinski definition) is 2. The van der Waals surface area contributed by atoms with Crippen molar-refractivity contribution in [2.75, 3.05) is 18.4 Å². The third-order valence-electron chi connectivity index (χ3n) is 4.56. The van der Waals surface area contributed by atoms with E-state index in [0.717, 1.165) is 18.5 Å². The third-order valence-corrected chi connectivity index (χ3v) is 4.56. The van der Waals surface area contributed by atoms with Gasteiger partial charge in [0.25, 0.3) is 0 Å². The van der Waals surface area contributed by atoms with Gasteiger partial charge in [0.2, 0.25) is 5.91 Å². The molecule has 7 nitrogen and oxygen atoms in total. The van der Waals surface area contributed by atoms with E-state index in [2.05, 4.69) is 15.7 Å². The summed E-state index contributed by atoms with van der Waals surface area (Å²) >= 11 is 0. The van der Waals surface area contributed by atoms with E-state index >= 15 is 0 Å². The first-order valence-electron chi connectivity index (χ1n) is 8.59. The van der Waals surface area contributed by atoms with E-state index in [-0.39, 0.29) is 23.5 Å². The van der Waals surface area contributed by atoms with E-state index in [1.54, 1.807) is 27.9 Å². The second kappa shape index (κ2) is 7.99. The molecule has 0 radical (unpaired) electrons. The fourth-order valence-electron chi connectivity index (χ4n) is 3.03. The van der Waals surface area contributed by atoms with E-state index in [0.29, 0.717) is 19.6 Å². The number of rotatable bonds is 4. The molecule has 0 aliphatic carbocycles. The lowest BCUT2D eigenvalue weighted by Crippen LogP contribution is -2.46. The maximum Gasteiger partial charge on any atom is 0.321 e. The van der Waals surface area contributed by atoms with Crippen LogP contribution in [0.1, 0.15) is 18.5 Å². The number of likely N-dealkylation sites (tertiary alicyclic amines) is 1. The van der Waals surface area contributed by atoms with Crippen molar-refractivity contribution in [3.63, 3.8) is 0 Å². The van der Waals surface area contributed by atoms with Gasteiger partial charge in [-0.25, -0.2) is 9.18 Å². The average Bonchev–Trinajstić information content (AvgIpc) is 3.06. The number of anilines is 1. The van der Waals surface area contributed by atoms with Gasteiger partial charge in [-0.1, -0.05) is 12.1 Å². The summed E-state index contributed by atoms with van der Waals surface area (Å²) in [5.41, 5.74) is 1.04. The van der Waals surface area contributed by atoms with Gasteiger partial charge >= 0.3 is 6.03 Å². The number of hydrogen-bond acceptors (Lipinski definition) is 3. The molecule has 1 atom stereocenters. The number of piperidine rings is 1. The molecule has 8 heteroatoms. The Hall–Kier alpha value is -2.90. The largest absolute Gasteiger partial charge is 0.350 e. The topological polar surface area (TPSA) is 79.3 Å². The van der Waals surface area contributed by atoms with Gasteiger partial charge in [-0.15, -0.1) is 0 Å². The molecule has 1 aliphatic heterocycles. The van der Waals surface area contributed by atoms with Crippen molar-refractivity contribution in [3.05, 3.63) is 48.0 Å². The van der Waals surface area contributed by atoms with Crippen molar-refractivity contribution in [2.24, 2.45) is 13.0 Å². The van der Waals surface area contributed by atoms with Crippen LogP contribution in [0.3, 0.4) is 0 Å². The Kier molecular flexibility index (Phi) is 5.50. The molecule has 1 aromatic carbocycles. The quantitative estimate of drug-likeness (QED) is 0.878. The van der Waals surface area contributed by atoms with E-state index in [9.17, 15) is 14.0 Å². The number of carbonyl (C=O) groups excluding carboxylic acids is 2. The maximum atomic E-state index is 13.7. The molecule has 2 heterocycles. The van der Waals surface area contributed by atoms with Crippen LogP contribution in [0.4, 0.5) is 14.9 Å². The van der Waals surface area contributed by atoms with Crippen molar-refractivity contribution < 1.29 is 14.0 Å². The van der Waals surface area contributed by atoms with Crippen molar-refractivity contribution in [3.8, 4) is 0 Å². The summed E-state index contributed by atoms with van der Waals surface area (Å²) in [6.07, 6.45) is 3.13. The van der Waals surface area contributed by atoms with E-state index in [1.165, 1.54) is 12.1 Å². The molecule has 0 spiro atoms. The van der Waals surface area contributed by atoms with Crippen LogP contribution in [0.2, 0.25) is 0 Å². The van der Waals surface area contributed by atoms with Crippen molar-refractivity contribution >= 4 is 17.6 Å². The number of halogens is 1. The predicted octanol–water partition coefficient (Wildman–Crippen LogP) is 2.12. The average molecular weight is 359 g/mol. The fraction of sp³-hybridized carbons (Fsp3) is 0.389. The van der Waals surface area contributed by atoms with Crippen LogP contribution in [-0.2, 0) is 18.4 Å². The van der Waals surface area contributed by atoms with Crippen molar-refractivity contribution in [2.45, 2.75) is 19.4 Å². The Bertz CT molecular complexity index is 791. The van der Waals surface area contributed by atoms with Gasteiger partial charge < -0.3 is 15.5 Å². The maximum absolute atomic E-state index is 13.7. The third kappa shape index (κ3) is 4.19. The molecule has 1 aliphatic rings. The Labute approximate surface area is 151 Å². The summed E-state index contributed by atoms with van der Waals surface area (Å²) in [7, 11) is 1.82. The predicted molar refractivity (Wildman–Crippen MR) is 94.8 cm³/mol. The summed E-state index contributed by atoms with van der Waals surface area (Å²) in [6, 6.07) is 7.47. The number of benzene rings is 1. The zero-order chi connectivity index (χ0) is 18.5. The lowest BCUT2D eigenvalue weighted by atomic mass is 9.97. The van der Waals surface area contributed by atoms with Crippen molar-refractivity contribution in [1.82, 2.24) is 20.0 Å². The van der Waals surface area contributed by atoms with Crippen molar-refractivity contribution in [1.29, 1.82) is 0 Å². The van der Waals surface area contributed by atoms with Crippen LogP contribution in [0, 0.1) is 11.7 Å². The molecule has 0 saturated carbocycles. The minimum Gasteiger partial charge on any atom is -0.350 e. The summed E-state index contributed by atoms with van der Waals surface area (Å²) in [4.78, 5) is 26.4. The lowest BCUT2D eigenvalue weighted by Gasteiger charge is -2.32. The summed E-state index contributed by atoms with van der Waals surface area (Å²) in [5, 5.41) is 9.53. The van der Waals surface area contributed by atoms with Gasteiger partial charge in [-0.05, 0) is 31.0 Å². The minimum atomic E-state index is -0.483. The van der Waals surface area contributed by atoms with E-state index in [4.69, 9.17) is 0 Å². The van der Waals surface area contributed by atoms with Gasteiger partial charge in [0.05, 0.1) is 23.8 Å². The molecule has 0 bridgehead atoms. The standard InChI is InChI=1S/C18H22FN5O2/c1-23-14(8-9-21-23)11-20-17(25)13-5-4-10-24(12-13)18(26)22-16-7-3-2-6-15(16)19/h2-3,6-9,13H,4-5,10-12H2,1H3,(H,20,25)(H,22,26)/t13-/m1/s1. The van der Waals surface area contributed by atoms with Crippen LogP contribution >= 0.6 is 0 Å². The Morgan fingerprint density at radius 3 is 2.85 bits per heavy atom. The van der Waals surface area contributed by atoms with Gasteiger partial charge in [0.15, 0.2) is 0 Å². The molecule has 3 amide bonds. The Morgan fingerprint density at radius 2 is 2.12 bits per heavy atom. The molecule has 1 aromatic heterocycles. The summed E-state index contributed by atoms with van der Waals surface area (Å²) < 4.78 is 15.4. The number of para-hydroxylation sites is 1. The molecule has 1 fully saturated rings. The molecule has 1 saturated heterocycles. The molecule has 2 aromatic rings. The molecule has 3 rings (SSSR count). The molecule has 0 unspecified atom stereocenters. The highest BCUT2D eigenvalue weighted by Gasteiger charge is 2.28. The minimum absolute atomic E-state index is 0.0883. The first-order chi connectivity index (χ1) is 12.5. The molecule has 2 N–H and O–H groups in total. The number of aryl methyl sites for hydroxylation is 1. The van der Waals surface area contributed by atoms with Gasteiger partial charge in [-0.2, -0.15) is 5.10 Å². The zero-order valence-electron chi connectivity index (χ0n) is 14.6. The second-order valence-corrected chi connectivity index (χ2v) is 6.36. The van der Waals surface area contributed by atoms with Crippen LogP contribution in [0.25, 0.3) is 0 Å². The smallest absolute Gasteiger partial charge is 0.321 e. The summed E-state index contributed by atoms with van der Waals surface area (Å²) in [5.74, 6) is -0.846. The lowest BCUT2D eigenvalue weighted by molar-refractivity contribution is -0.126. The highest BCUT2D eigenvalue weighted by atomic mass is 19.1. The normalized spacial score (nSPS) is 17.0. The van der Waals surface area contributed by atoms with Gasteiger partial charge in [-0.3, -0.25) is 9.48 Å². The number of amides is 3. The fourth-order valence-corrected chi connectivity index (χ4v) is 3.03. The number of urea groups is 1. The van der Waals surface area contributed by atoms with Crippen LogP contribution in [-0.4, -0.2) is 39.7 Å². The number of carbonyl (C=O) groups is 2. The zero-order valence-corrected chi connectivity index (χ0v) is 14.6. The number of nitrogens with zero attached hydrogens (tertiary/aromatic N) is 3. The monoisotopic (exact) mass is 359 g/mol. The van der Waals surface area contributed by atoms with E-state index < -0.39 is 5.82 Å². The molecular formula is C18H22FN5O2. The van der Waals surface area contributed by atoms with Gasteiger partial charge in [0, 0.05) is 26.3 Å². The van der Waals surface area contributed by atoms with Gasteiger partial charge in [0.1, 0.15) is 5.82 Å². The Balaban J connectivity index is 1.54. The first kappa shape index (κ1) is 17.9. The summed E-state index contributed by atoms with van der Waals surface area (Å²) in [6.45, 7) is 1.26. The first-order valence-corrected chi connectivity index (χ1v) is 8.59. The highest BCUT2D eigenvalue weighted by Crippen LogP contribution is 2.19. The second-order valence-electron chi connectivity index (χ2n) is 6.36. The molecule has 138 valence electrons. The van der Waals surface area contributed by atoms with Crippen LogP contribution < -0.4 is 10.6 Å². The van der Waals surface area contributed by atoms with Crippen LogP contribution in [0.5, 0.6) is 0 Å². The Morgan fingerprint density at radius 1 is 1.31 bits per heavy atom. The SMILES string of the molecule is Cn1nccc1CNC(=O)[C@@H]1CCCN(C(=O)Nc2ccccc2F)C1. The highest BCUT2D eigenvalue weighted by molar-refractivity contribution is 5.90. The molecular weight excluding hydrogens is 337 g/mol. The van der Waals surface area contributed by atoms with Crippen LogP contribution in [0.15, 0.2) is 36.5 Å². The molecule has 26 heavy (non-hydrogen) atoms. The van der Waals surface area contributed by atoms with E-state index in [1.807, 2.05) is 13.1 Å². The number of nitrogens with one attached hydrogen (secondary N) is 2. The number of aromatic nitrogens is 2.